The molecule has 25 heavy (non-hydrogen) atoms. The van der Waals surface area contributed by atoms with Crippen LogP contribution in [0.5, 0.6) is 0 Å². The molecule has 0 aliphatic heterocycles. The van der Waals surface area contributed by atoms with Crippen LogP contribution in [0.2, 0.25) is 0 Å². The molecule has 0 radical (unpaired) electrons. The predicted octanol–water partition coefficient (Wildman–Crippen LogP) is 3.47. The average Bonchev–Trinajstić information content (AvgIpc) is 2.54. The second kappa shape index (κ2) is 6.70. The summed E-state index contributed by atoms with van der Waals surface area (Å²) < 4.78 is 5.17. The van der Waals surface area contributed by atoms with Crippen LogP contribution >= 0.6 is 0 Å². The van der Waals surface area contributed by atoms with Gasteiger partial charge in [-0.05, 0) is 37.5 Å². The van der Waals surface area contributed by atoms with Gasteiger partial charge in [0.25, 0.3) is 0 Å². The SMILES string of the molecule is Cc1cc(=O)oc2cc(NC(=O)CC3(C(=O)O)CCCCC3)ccc12. The molecule has 1 aliphatic carbocycles. The Morgan fingerprint density at radius 1 is 1.20 bits per heavy atom. The number of benzene rings is 1. The quantitative estimate of drug-likeness (QED) is 0.829. The summed E-state index contributed by atoms with van der Waals surface area (Å²) in [6.07, 6.45) is 3.70. The number of amides is 1. The fraction of sp³-hybridized carbons (Fsp3) is 0.421. The fourth-order valence-electron chi connectivity index (χ4n) is 3.61. The first kappa shape index (κ1) is 17.2. The standard InChI is InChI=1S/C19H21NO5/c1-12-9-17(22)25-15-10-13(5-6-14(12)15)20-16(21)11-19(18(23)24)7-3-2-4-8-19/h5-6,9-10H,2-4,7-8,11H2,1H3,(H,20,21)(H,23,24). The van der Waals surface area contributed by atoms with Crippen molar-refractivity contribution in [1.29, 1.82) is 0 Å². The third-order valence-electron chi connectivity index (χ3n) is 5.00. The van der Waals surface area contributed by atoms with Crippen molar-refractivity contribution in [3.63, 3.8) is 0 Å². The molecule has 1 aliphatic rings. The molecule has 1 aromatic carbocycles. The van der Waals surface area contributed by atoms with Gasteiger partial charge in [-0.1, -0.05) is 19.3 Å². The zero-order valence-electron chi connectivity index (χ0n) is 14.1. The van der Waals surface area contributed by atoms with E-state index < -0.39 is 17.0 Å². The van der Waals surface area contributed by atoms with Crippen LogP contribution in [0.3, 0.4) is 0 Å². The van der Waals surface area contributed by atoms with Gasteiger partial charge in [0.2, 0.25) is 5.91 Å². The lowest BCUT2D eigenvalue weighted by molar-refractivity contribution is -0.153. The van der Waals surface area contributed by atoms with Crippen LogP contribution in [0.4, 0.5) is 5.69 Å². The number of nitrogens with one attached hydrogen (secondary N) is 1. The summed E-state index contributed by atoms with van der Waals surface area (Å²) in [6, 6.07) is 6.51. The average molecular weight is 343 g/mol. The van der Waals surface area contributed by atoms with Crippen molar-refractivity contribution in [3.8, 4) is 0 Å². The van der Waals surface area contributed by atoms with E-state index in [0.717, 1.165) is 30.2 Å². The van der Waals surface area contributed by atoms with Crippen LogP contribution in [0.1, 0.15) is 44.1 Å². The molecule has 0 unspecified atom stereocenters. The van der Waals surface area contributed by atoms with Gasteiger partial charge in [0, 0.05) is 29.6 Å². The molecule has 0 bridgehead atoms. The number of carboxylic acid groups (broad SMARTS) is 1. The van der Waals surface area contributed by atoms with Gasteiger partial charge in [-0.3, -0.25) is 9.59 Å². The van der Waals surface area contributed by atoms with Gasteiger partial charge in [-0.2, -0.15) is 0 Å². The topological polar surface area (TPSA) is 96.6 Å². The first-order chi connectivity index (χ1) is 11.9. The molecule has 1 aromatic heterocycles. The molecule has 0 spiro atoms. The number of carbonyl (C=O) groups excluding carboxylic acids is 1. The molecular weight excluding hydrogens is 322 g/mol. The molecule has 2 N–H and O–H groups in total. The van der Waals surface area contributed by atoms with E-state index in [1.807, 2.05) is 6.92 Å². The minimum atomic E-state index is -0.970. The summed E-state index contributed by atoms with van der Waals surface area (Å²) in [5.41, 5.74) is 0.273. The number of aryl methyl sites for hydroxylation is 1. The van der Waals surface area contributed by atoms with E-state index in [1.54, 1.807) is 18.2 Å². The summed E-state index contributed by atoms with van der Waals surface area (Å²) in [6.45, 7) is 1.82. The summed E-state index contributed by atoms with van der Waals surface area (Å²) in [4.78, 5) is 35.6. The second-order valence-electron chi connectivity index (χ2n) is 6.83. The molecule has 1 saturated carbocycles. The summed E-state index contributed by atoms with van der Waals surface area (Å²) in [5, 5.41) is 13.1. The van der Waals surface area contributed by atoms with Crippen molar-refractivity contribution < 1.29 is 19.1 Å². The van der Waals surface area contributed by atoms with Crippen molar-refractivity contribution in [1.82, 2.24) is 0 Å². The molecule has 0 saturated heterocycles. The molecule has 3 rings (SSSR count). The van der Waals surface area contributed by atoms with Gasteiger partial charge < -0.3 is 14.8 Å². The Balaban J connectivity index is 1.79. The van der Waals surface area contributed by atoms with Gasteiger partial charge in [0.05, 0.1) is 5.41 Å². The number of anilines is 1. The number of carboxylic acids is 1. The molecule has 1 heterocycles. The molecule has 1 fully saturated rings. The van der Waals surface area contributed by atoms with E-state index in [9.17, 15) is 19.5 Å². The van der Waals surface area contributed by atoms with Gasteiger partial charge in [0.1, 0.15) is 5.58 Å². The number of hydrogen-bond acceptors (Lipinski definition) is 4. The van der Waals surface area contributed by atoms with Crippen molar-refractivity contribution in [2.45, 2.75) is 45.4 Å². The van der Waals surface area contributed by atoms with Crippen molar-refractivity contribution in [2.24, 2.45) is 5.41 Å². The molecule has 1 amide bonds. The summed E-state index contributed by atoms with van der Waals surface area (Å²) >= 11 is 0. The fourth-order valence-corrected chi connectivity index (χ4v) is 3.61. The molecule has 2 aromatic rings. The Bertz CT molecular complexity index is 877. The normalized spacial score (nSPS) is 16.5. The maximum absolute atomic E-state index is 12.4. The molecule has 6 heteroatoms. The highest BCUT2D eigenvalue weighted by atomic mass is 16.4. The number of hydrogen-bond donors (Lipinski definition) is 2. The Morgan fingerprint density at radius 3 is 2.60 bits per heavy atom. The van der Waals surface area contributed by atoms with E-state index in [4.69, 9.17) is 4.42 Å². The maximum atomic E-state index is 12.4. The van der Waals surface area contributed by atoms with Crippen molar-refractivity contribution >= 4 is 28.5 Å². The minimum Gasteiger partial charge on any atom is -0.481 e. The Morgan fingerprint density at radius 2 is 1.92 bits per heavy atom. The van der Waals surface area contributed by atoms with Crippen molar-refractivity contribution in [2.75, 3.05) is 5.32 Å². The van der Waals surface area contributed by atoms with Crippen LogP contribution in [-0.2, 0) is 9.59 Å². The van der Waals surface area contributed by atoms with Crippen LogP contribution in [0.15, 0.2) is 33.5 Å². The van der Waals surface area contributed by atoms with Gasteiger partial charge in [-0.25, -0.2) is 4.79 Å². The predicted molar refractivity (Wildman–Crippen MR) is 93.6 cm³/mol. The number of aliphatic carboxylic acids is 1. The van der Waals surface area contributed by atoms with Gasteiger partial charge in [-0.15, -0.1) is 0 Å². The Hall–Kier alpha value is -2.63. The first-order valence-corrected chi connectivity index (χ1v) is 8.47. The third kappa shape index (κ3) is 3.57. The molecule has 6 nitrogen and oxygen atoms in total. The molecular formula is C19H21NO5. The zero-order chi connectivity index (χ0) is 18.0. The van der Waals surface area contributed by atoms with Crippen molar-refractivity contribution in [3.05, 3.63) is 40.2 Å². The number of rotatable bonds is 4. The van der Waals surface area contributed by atoms with Gasteiger partial charge in [0.15, 0.2) is 0 Å². The van der Waals surface area contributed by atoms with E-state index in [1.165, 1.54) is 6.07 Å². The Kier molecular flexibility index (Phi) is 4.61. The third-order valence-corrected chi connectivity index (χ3v) is 5.00. The maximum Gasteiger partial charge on any atom is 0.336 e. The van der Waals surface area contributed by atoms with E-state index in [-0.39, 0.29) is 12.3 Å². The van der Waals surface area contributed by atoms with E-state index >= 15 is 0 Å². The molecule has 132 valence electrons. The lowest BCUT2D eigenvalue weighted by Gasteiger charge is -2.32. The van der Waals surface area contributed by atoms with E-state index in [0.29, 0.717) is 24.1 Å². The lowest BCUT2D eigenvalue weighted by atomic mass is 9.71. The van der Waals surface area contributed by atoms with Crippen LogP contribution in [0.25, 0.3) is 11.0 Å². The minimum absolute atomic E-state index is 0.0435. The monoisotopic (exact) mass is 343 g/mol. The van der Waals surface area contributed by atoms with Crippen LogP contribution < -0.4 is 10.9 Å². The zero-order valence-corrected chi connectivity index (χ0v) is 14.1. The van der Waals surface area contributed by atoms with Gasteiger partial charge >= 0.3 is 11.6 Å². The highest BCUT2D eigenvalue weighted by molar-refractivity contribution is 5.96. The molecule has 0 atom stereocenters. The lowest BCUT2D eigenvalue weighted by Crippen LogP contribution is -2.37. The van der Waals surface area contributed by atoms with Crippen LogP contribution in [-0.4, -0.2) is 17.0 Å². The summed E-state index contributed by atoms with van der Waals surface area (Å²) in [5.74, 6) is -1.24. The number of carbonyl (C=O) groups is 2. The smallest absolute Gasteiger partial charge is 0.336 e. The summed E-state index contributed by atoms with van der Waals surface area (Å²) in [7, 11) is 0. The number of fused-ring (bicyclic) bond motifs is 1. The largest absolute Gasteiger partial charge is 0.481 e. The Labute approximate surface area is 144 Å². The first-order valence-electron chi connectivity index (χ1n) is 8.47. The van der Waals surface area contributed by atoms with Crippen LogP contribution in [0, 0.1) is 12.3 Å². The van der Waals surface area contributed by atoms with E-state index in [2.05, 4.69) is 5.32 Å². The second-order valence-corrected chi connectivity index (χ2v) is 6.83. The highest BCUT2D eigenvalue weighted by Crippen LogP contribution is 2.39. The highest BCUT2D eigenvalue weighted by Gasteiger charge is 2.41.